The van der Waals surface area contributed by atoms with Crippen LogP contribution in [0.2, 0.25) is 0 Å². The van der Waals surface area contributed by atoms with Crippen molar-refractivity contribution >= 4 is 31.9 Å². The SMILES string of the molecule is FC(F)(F)c1ccc(Br)c(CCBr)c1. The monoisotopic (exact) mass is 330 g/mol. The number of hydrogen-bond donors (Lipinski definition) is 0. The molecule has 0 heterocycles. The van der Waals surface area contributed by atoms with Crippen molar-refractivity contribution in [2.45, 2.75) is 12.6 Å². The Balaban J connectivity index is 3.06. The summed E-state index contributed by atoms with van der Waals surface area (Å²) in [5, 5.41) is 0.646. The van der Waals surface area contributed by atoms with Gasteiger partial charge in [-0.25, -0.2) is 0 Å². The molecule has 0 spiro atoms. The smallest absolute Gasteiger partial charge is 0.166 e. The van der Waals surface area contributed by atoms with Crippen LogP contribution < -0.4 is 0 Å². The van der Waals surface area contributed by atoms with Crippen molar-refractivity contribution in [3.63, 3.8) is 0 Å². The molecule has 0 radical (unpaired) electrons. The van der Waals surface area contributed by atoms with E-state index in [4.69, 9.17) is 0 Å². The van der Waals surface area contributed by atoms with E-state index in [1.807, 2.05) is 0 Å². The van der Waals surface area contributed by atoms with Crippen molar-refractivity contribution in [1.82, 2.24) is 0 Å². The van der Waals surface area contributed by atoms with Gasteiger partial charge in [0.15, 0.2) is 0 Å². The summed E-state index contributed by atoms with van der Waals surface area (Å²) in [6.45, 7) is 0. The summed E-state index contributed by atoms with van der Waals surface area (Å²) in [6.07, 6.45) is -3.69. The minimum absolute atomic E-state index is 0.574. The van der Waals surface area contributed by atoms with Crippen molar-refractivity contribution in [2.24, 2.45) is 0 Å². The van der Waals surface area contributed by atoms with Crippen LogP contribution in [0.15, 0.2) is 22.7 Å². The van der Waals surface area contributed by atoms with Crippen LogP contribution in [-0.2, 0) is 12.6 Å². The highest BCUT2D eigenvalue weighted by Gasteiger charge is 2.30. The van der Waals surface area contributed by atoms with Crippen LogP contribution in [0, 0.1) is 0 Å². The molecule has 78 valence electrons. The lowest BCUT2D eigenvalue weighted by Crippen LogP contribution is -2.05. The molecule has 0 bridgehead atoms. The molecule has 1 aromatic carbocycles. The summed E-state index contributed by atoms with van der Waals surface area (Å²) in [7, 11) is 0. The largest absolute Gasteiger partial charge is 0.416 e. The molecule has 14 heavy (non-hydrogen) atoms. The standard InChI is InChI=1S/C9H7Br2F3/c10-4-3-6-5-7(9(12,13)14)1-2-8(6)11/h1-2,5H,3-4H2. The molecule has 0 aliphatic heterocycles. The Morgan fingerprint density at radius 3 is 2.36 bits per heavy atom. The lowest BCUT2D eigenvalue weighted by molar-refractivity contribution is -0.137. The Morgan fingerprint density at radius 1 is 1.21 bits per heavy atom. The molecular formula is C9H7Br2F3. The lowest BCUT2D eigenvalue weighted by Gasteiger charge is -2.09. The van der Waals surface area contributed by atoms with Crippen LogP contribution in [0.5, 0.6) is 0 Å². The quantitative estimate of drug-likeness (QED) is 0.704. The highest BCUT2D eigenvalue weighted by atomic mass is 79.9. The molecular weight excluding hydrogens is 325 g/mol. The van der Waals surface area contributed by atoms with Crippen molar-refractivity contribution < 1.29 is 13.2 Å². The van der Waals surface area contributed by atoms with Gasteiger partial charge >= 0.3 is 6.18 Å². The summed E-state index contributed by atoms with van der Waals surface area (Å²) in [4.78, 5) is 0. The molecule has 0 unspecified atom stereocenters. The normalized spacial score (nSPS) is 11.8. The zero-order valence-corrected chi connectivity index (χ0v) is 10.2. The average Bonchev–Trinajstić information content (AvgIpc) is 2.07. The number of aryl methyl sites for hydroxylation is 1. The van der Waals surface area contributed by atoms with E-state index in [-0.39, 0.29) is 0 Å². The number of benzene rings is 1. The summed E-state index contributed by atoms with van der Waals surface area (Å²) in [6, 6.07) is 3.67. The molecule has 5 heteroatoms. The molecule has 1 aromatic rings. The van der Waals surface area contributed by atoms with Crippen LogP contribution in [0.1, 0.15) is 11.1 Å². The first-order valence-electron chi connectivity index (χ1n) is 3.86. The molecule has 0 nitrogen and oxygen atoms in total. The molecule has 0 aliphatic rings. The van der Waals surface area contributed by atoms with E-state index in [1.54, 1.807) is 0 Å². The topological polar surface area (TPSA) is 0 Å². The summed E-state index contributed by atoms with van der Waals surface area (Å²) in [5.41, 5.74) is 0.0633. The summed E-state index contributed by atoms with van der Waals surface area (Å²) < 4.78 is 37.7. The maximum atomic E-state index is 12.3. The van der Waals surface area contributed by atoms with E-state index in [9.17, 15) is 13.2 Å². The molecule has 1 rings (SSSR count). The van der Waals surface area contributed by atoms with Crippen molar-refractivity contribution in [3.05, 3.63) is 33.8 Å². The Bertz CT molecular complexity index is 320. The minimum atomic E-state index is -4.26. The first-order valence-corrected chi connectivity index (χ1v) is 5.78. The van der Waals surface area contributed by atoms with Gasteiger partial charge in [-0.3, -0.25) is 0 Å². The highest BCUT2D eigenvalue weighted by Crippen LogP contribution is 2.32. The average molecular weight is 332 g/mol. The van der Waals surface area contributed by atoms with Crippen LogP contribution in [-0.4, -0.2) is 5.33 Å². The van der Waals surface area contributed by atoms with Gasteiger partial charge in [0.05, 0.1) is 5.56 Å². The maximum Gasteiger partial charge on any atom is 0.416 e. The van der Waals surface area contributed by atoms with Gasteiger partial charge < -0.3 is 0 Å². The third-order valence-corrected chi connectivity index (χ3v) is 2.91. The molecule has 0 atom stereocenters. The fourth-order valence-electron chi connectivity index (χ4n) is 1.04. The predicted octanol–water partition coefficient (Wildman–Crippen LogP) is 4.41. The Morgan fingerprint density at radius 2 is 1.86 bits per heavy atom. The van der Waals surface area contributed by atoms with Gasteiger partial charge in [-0.2, -0.15) is 13.2 Å². The van der Waals surface area contributed by atoms with Crippen LogP contribution in [0.4, 0.5) is 13.2 Å². The molecule has 0 aliphatic carbocycles. The van der Waals surface area contributed by atoms with E-state index in [2.05, 4.69) is 31.9 Å². The van der Waals surface area contributed by atoms with Crippen LogP contribution >= 0.6 is 31.9 Å². The molecule has 0 saturated carbocycles. The van der Waals surface area contributed by atoms with E-state index >= 15 is 0 Å². The Hall–Kier alpha value is -0.0300. The van der Waals surface area contributed by atoms with E-state index in [0.29, 0.717) is 21.8 Å². The van der Waals surface area contributed by atoms with Crippen molar-refractivity contribution in [3.8, 4) is 0 Å². The molecule has 0 saturated heterocycles. The van der Waals surface area contributed by atoms with Crippen molar-refractivity contribution in [1.29, 1.82) is 0 Å². The molecule has 0 aromatic heterocycles. The first kappa shape index (κ1) is 12.0. The fraction of sp³-hybridized carbons (Fsp3) is 0.333. The number of hydrogen-bond acceptors (Lipinski definition) is 0. The first-order chi connectivity index (χ1) is 6.45. The van der Waals surface area contributed by atoms with Gasteiger partial charge in [0.25, 0.3) is 0 Å². The lowest BCUT2D eigenvalue weighted by atomic mass is 10.1. The highest BCUT2D eigenvalue weighted by molar-refractivity contribution is 9.10. The van der Waals surface area contributed by atoms with Gasteiger partial charge in [0, 0.05) is 9.80 Å². The molecule has 0 fully saturated rings. The third kappa shape index (κ3) is 2.98. The predicted molar refractivity (Wildman–Crippen MR) is 56.6 cm³/mol. The second-order valence-electron chi connectivity index (χ2n) is 2.74. The summed E-state index contributed by atoms with van der Waals surface area (Å²) in [5.74, 6) is 0. The van der Waals surface area contributed by atoms with Gasteiger partial charge in [-0.1, -0.05) is 31.9 Å². The third-order valence-electron chi connectivity index (χ3n) is 1.74. The number of alkyl halides is 4. The maximum absolute atomic E-state index is 12.3. The second kappa shape index (κ2) is 4.66. The fourth-order valence-corrected chi connectivity index (χ4v) is 1.92. The van der Waals surface area contributed by atoms with Crippen LogP contribution in [0.25, 0.3) is 0 Å². The van der Waals surface area contributed by atoms with E-state index in [1.165, 1.54) is 12.1 Å². The second-order valence-corrected chi connectivity index (χ2v) is 4.39. The zero-order chi connectivity index (χ0) is 10.8. The van der Waals surface area contributed by atoms with Gasteiger partial charge in [0.1, 0.15) is 0 Å². The zero-order valence-electron chi connectivity index (χ0n) is 7.04. The number of halogens is 5. The summed E-state index contributed by atoms with van der Waals surface area (Å²) >= 11 is 6.40. The molecule has 0 N–H and O–H groups in total. The van der Waals surface area contributed by atoms with Gasteiger partial charge in [-0.05, 0) is 30.2 Å². The Kier molecular flexibility index (Phi) is 4.01. The molecule has 0 amide bonds. The minimum Gasteiger partial charge on any atom is -0.166 e. The number of rotatable bonds is 2. The van der Waals surface area contributed by atoms with Gasteiger partial charge in [-0.15, -0.1) is 0 Å². The van der Waals surface area contributed by atoms with E-state index < -0.39 is 11.7 Å². The Labute approximate surface area is 96.8 Å². The van der Waals surface area contributed by atoms with E-state index in [0.717, 1.165) is 6.07 Å². The van der Waals surface area contributed by atoms with Gasteiger partial charge in [0.2, 0.25) is 0 Å². The van der Waals surface area contributed by atoms with Crippen molar-refractivity contribution in [2.75, 3.05) is 5.33 Å². The van der Waals surface area contributed by atoms with Crippen LogP contribution in [0.3, 0.4) is 0 Å².